The molecule has 0 atom stereocenters. The van der Waals surface area contributed by atoms with Gasteiger partial charge in [-0.15, -0.1) is 0 Å². The van der Waals surface area contributed by atoms with Crippen molar-refractivity contribution < 1.29 is 9.53 Å². The van der Waals surface area contributed by atoms with Crippen LogP contribution in [-0.4, -0.2) is 20.7 Å². The van der Waals surface area contributed by atoms with E-state index in [0.717, 1.165) is 11.3 Å². The van der Waals surface area contributed by atoms with Gasteiger partial charge in [0.15, 0.2) is 0 Å². The highest BCUT2D eigenvalue weighted by molar-refractivity contribution is 6.31. The van der Waals surface area contributed by atoms with Crippen LogP contribution in [-0.2, 0) is 22.7 Å². The average molecular weight is 368 g/mol. The number of halogens is 1. The Morgan fingerprint density at radius 1 is 1.19 bits per heavy atom. The van der Waals surface area contributed by atoms with Crippen molar-refractivity contribution in [3.63, 3.8) is 0 Å². The first-order chi connectivity index (χ1) is 12.6. The lowest BCUT2D eigenvalue weighted by atomic mass is 10.2. The second kappa shape index (κ2) is 8.45. The molecule has 0 amide bonds. The Morgan fingerprint density at radius 3 is 2.69 bits per heavy atom. The monoisotopic (exact) mass is 367 g/mol. The number of nitrogens with zero attached hydrogens (tertiary/aromatic N) is 3. The molecule has 6 heteroatoms. The van der Waals surface area contributed by atoms with Crippen LogP contribution < -0.4 is 0 Å². The van der Waals surface area contributed by atoms with Crippen LogP contribution in [0.5, 0.6) is 0 Å². The maximum absolute atomic E-state index is 11.9. The van der Waals surface area contributed by atoms with Gasteiger partial charge >= 0.3 is 5.97 Å². The zero-order valence-corrected chi connectivity index (χ0v) is 15.1. The number of hydrogen-bond donors (Lipinski definition) is 0. The third-order valence-electron chi connectivity index (χ3n) is 3.76. The molecule has 0 aliphatic rings. The average Bonchev–Trinajstić information content (AvgIpc) is 2.93. The van der Waals surface area contributed by atoms with Crippen LogP contribution >= 0.6 is 11.6 Å². The third-order valence-corrected chi connectivity index (χ3v) is 4.16. The van der Waals surface area contributed by atoms with E-state index >= 15 is 0 Å². The fourth-order valence-electron chi connectivity index (χ4n) is 2.45. The van der Waals surface area contributed by atoms with Crippen molar-refractivity contribution in [2.75, 3.05) is 0 Å². The molecule has 3 rings (SSSR count). The van der Waals surface area contributed by atoms with Crippen molar-refractivity contribution in [3.05, 3.63) is 88.5 Å². The molecule has 0 unspecified atom stereocenters. The number of esters is 1. The van der Waals surface area contributed by atoms with E-state index in [1.165, 1.54) is 6.08 Å². The van der Waals surface area contributed by atoms with Crippen molar-refractivity contribution >= 4 is 23.6 Å². The largest absolute Gasteiger partial charge is 0.456 e. The summed E-state index contributed by atoms with van der Waals surface area (Å²) in [5.74, 6) is -0.457. The van der Waals surface area contributed by atoms with E-state index in [0.29, 0.717) is 23.0 Å². The SMILES string of the molecule is Cc1nn(Cc2ccccc2)c(Cl)c1/C=C/C(=O)OCc1ccccn1. The Morgan fingerprint density at radius 2 is 1.96 bits per heavy atom. The van der Waals surface area contributed by atoms with Gasteiger partial charge in [0.2, 0.25) is 0 Å². The lowest BCUT2D eigenvalue weighted by Crippen LogP contribution is -2.02. The summed E-state index contributed by atoms with van der Waals surface area (Å²) in [4.78, 5) is 16.0. The quantitative estimate of drug-likeness (QED) is 0.487. The molecule has 0 aliphatic carbocycles. The Kier molecular flexibility index (Phi) is 5.81. The van der Waals surface area contributed by atoms with Crippen molar-refractivity contribution in [1.82, 2.24) is 14.8 Å². The molecule has 2 heterocycles. The number of hydrogen-bond acceptors (Lipinski definition) is 4. The summed E-state index contributed by atoms with van der Waals surface area (Å²) in [6, 6.07) is 15.4. The summed E-state index contributed by atoms with van der Waals surface area (Å²) in [5, 5.41) is 4.93. The number of aryl methyl sites for hydroxylation is 1. The lowest BCUT2D eigenvalue weighted by Gasteiger charge is -2.03. The van der Waals surface area contributed by atoms with Gasteiger partial charge in [-0.3, -0.25) is 4.98 Å². The van der Waals surface area contributed by atoms with Gasteiger partial charge in [0.25, 0.3) is 0 Å². The number of benzene rings is 1. The highest BCUT2D eigenvalue weighted by Gasteiger charge is 2.12. The van der Waals surface area contributed by atoms with Crippen molar-refractivity contribution in [3.8, 4) is 0 Å². The molecular weight excluding hydrogens is 350 g/mol. The maximum Gasteiger partial charge on any atom is 0.331 e. The Bertz CT molecular complexity index is 906. The number of ether oxygens (including phenoxy) is 1. The van der Waals surface area contributed by atoms with Crippen LogP contribution in [0.1, 0.15) is 22.5 Å². The normalized spacial score (nSPS) is 11.0. The molecule has 0 saturated carbocycles. The minimum absolute atomic E-state index is 0.129. The number of carbonyl (C=O) groups excluding carboxylic acids is 1. The molecule has 1 aromatic carbocycles. The van der Waals surface area contributed by atoms with Crippen LogP contribution in [0.25, 0.3) is 6.08 Å². The van der Waals surface area contributed by atoms with E-state index in [1.54, 1.807) is 23.0 Å². The molecule has 0 aliphatic heterocycles. The summed E-state index contributed by atoms with van der Waals surface area (Å²) in [6.45, 7) is 2.55. The zero-order chi connectivity index (χ0) is 18.4. The molecule has 26 heavy (non-hydrogen) atoms. The molecule has 3 aromatic rings. The van der Waals surface area contributed by atoms with Gasteiger partial charge in [-0.1, -0.05) is 48.0 Å². The second-order valence-electron chi connectivity index (χ2n) is 5.70. The Balaban J connectivity index is 1.65. The van der Waals surface area contributed by atoms with Crippen molar-refractivity contribution in [2.45, 2.75) is 20.1 Å². The molecule has 2 aromatic heterocycles. The van der Waals surface area contributed by atoms with Gasteiger partial charge in [0, 0.05) is 17.8 Å². The van der Waals surface area contributed by atoms with E-state index in [-0.39, 0.29) is 6.61 Å². The fraction of sp³-hybridized carbons (Fsp3) is 0.150. The first kappa shape index (κ1) is 17.9. The van der Waals surface area contributed by atoms with Gasteiger partial charge in [-0.2, -0.15) is 5.10 Å². The fourth-order valence-corrected chi connectivity index (χ4v) is 2.74. The first-order valence-corrected chi connectivity index (χ1v) is 8.53. The Hall–Kier alpha value is -2.92. The summed E-state index contributed by atoms with van der Waals surface area (Å²) in [6.07, 6.45) is 4.64. The molecule has 0 spiro atoms. The summed E-state index contributed by atoms with van der Waals surface area (Å²) in [5.41, 5.74) is 3.25. The summed E-state index contributed by atoms with van der Waals surface area (Å²) in [7, 11) is 0. The number of pyridine rings is 1. The van der Waals surface area contributed by atoms with Crippen LogP contribution in [0.3, 0.4) is 0 Å². The highest BCUT2D eigenvalue weighted by atomic mass is 35.5. The smallest absolute Gasteiger partial charge is 0.331 e. The minimum atomic E-state index is -0.457. The molecule has 0 radical (unpaired) electrons. The predicted molar refractivity (Wildman–Crippen MR) is 101 cm³/mol. The topological polar surface area (TPSA) is 57.0 Å². The predicted octanol–water partition coefficient (Wildman–Crippen LogP) is 4.04. The number of rotatable bonds is 6. The molecule has 5 nitrogen and oxygen atoms in total. The molecule has 0 N–H and O–H groups in total. The maximum atomic E-state index is 11.9. The minimum Gasteiger partial charge on any atom is -0.456 e. The van der Waals surface area contributed by atoms with Crippen LogP contribution in [0.4, 0.5) is 0 Å². The molecule has 132 valence electrons. The first-order valence-electron chi connectivity index (χ1n) is 8.15. The van der Waals surface area contributed by atoms with Crippen molar-refractivity contribution in [1.29, 1.82) is 0 Å². The number of carbonyl (C=O) groups is 1. The van der Waals surface area contributed by atoms with Crippen LogP contribution in [0.2, 0.25) is 5.15 Å². The van der Waals surface area contributed by atoms with E-state index in [1.807, 2.05) is 49.4 Å². The summed E-state index contributed by atoms with van der Waals surface area (Å²) < 4.78 is 6.89. The third kappa shape index (κ3) is 4.58. The zero-order valence-electron chi connectivity index (χ0n) is 14.3. The van der Waals surface area contributed by atoms with E-state index in [4.69, 9.17) is 16.3 Å². The standard InChI is InChI=1S/C20H18ClN3O2/c1-15-18(10-11-19(25)26-14-17-9-5-6-12-22-17)20(21)24(23-15)13-16-7-3-2-4-8-16/h2-12H,13-14H2,1H3/b11-10+. The molecule has 0 bridgehead atoms. The van der Waals surface area contributed by atoms with Gasteiger partial charge in [0.05, 0.1) is 17.9 Å². The van der Waals surface area contributed by atoms with Crippen LogP contribution in [0, 0.1) is 6.92 Å². The van der Waals surface area contributed by atoms with Gasteiger partial charge in [0.1, 0.15) is 11.8 Å². The highest BCUT2D eigenvalue weighted by Crippen LogP contribution is 2.22. The number of aromatic nitrogens is 3. The molecule has 0 fully saturated rings. The van der Waals surface area contributed by atoms with Gasteiger partial charge < -0.3 is 4.74 Å². The van der Waals surface area contributed by atoms with E-state index < -0.39 is 5.97 Å². The van der Waals surface area contributed by atoms with Crippen LogP contribution in [0.15, 0.2) is 60.8 Å². The van der Waals surface area contributed by atoms with E-state index in [2.05, 4.69) is 10.1 Å². The molecule has 0 saturated heterocycles. The summed E-state index contributed by atoms with van der Waals surface area (Å²) >= 11 is 6.42. The second-order valence-corrected chi connectivity index (χ2v) is 6.05. The molecular formula is C20H18ClN3O2. The van der Waals surface area contributed by atoms with Gasteiger partial charge in [-0.25, -0.2) is 9.48 Å². The van der Waals surface area contributed by atoms with Crippen molar-refractivity contribution in [2.24, 2.45) is 0 Å². The lowest BCUT2D eigenvalue weighted by molar-refractivity contribution is -0.139. The van der Waals surface area contributed by atoms with E-state index in [9.17, 15) is 4.79 Å². The Labute approximate surface area is 156 Å². The van der Waals surface area contributed by atoms with Gasteiger partial charge in [-0.05, 0) is 30.7 Å².